The molecule has 17 heavy (non-hydrogen) atoms. The Morgan fingerprint density at radius 2 is 1.65 bits per heavy atom. The highest BCUT2D eigenvalue weighted by Crippen LogP contribution is 2.05. The second-order valence-corrected chi connectivity index (χ2v) is 4.66. The molecular weight excluding hydrogens is 232 g/mol. The molecule has 0 saturated carbocycles. The predicted octanol–water partition coefficient (Wildman–Crippen LogP) is 0.550. The summed E-state index contributed by atoms with van der Waals surface area (Å²) in [6.45, 7) is 6.82. The van der Waals surface area contributed by atoms with E-state index in [4.69, 9.17) is 0 Å². The van der Waals surface area contributed by atoms with E-state index in [0.717, 1.165) is 6.54 Å². The molecule has 0 fully saturated rings. The molecule has 0 radical (unpaired) electrons. The molecule has 1 heterocycles. The average Bonchev–Trinajstić information content (AvgIpc) is 2.72. The molecular formula is C14H27ClN2. The Morgan fingerprint density at radius 3 is 2.35 bits per heavy atom. The fraction of sp³-hybridized carbons (Fsp3) is 0.786. The van der Waals surface area contributed by atoms with Crippen molar-refractivity contribution in [3.05, 3.63) is 18.7 Å². The van der Waals surface area contributed by atoms with Gasteiger partial charge in [0.1, 0.15) is 12.4 Å². The van der Waals surface area contributed by atoms with Gasteiger partial charge in [0.2, 0.25) is 6.33 Å². The summed E-state index contributed by atoms with van der Waals surface area (Å²) in [6, 6.07) is 0. The van der Waals surface area contributed by atoms with Gasteiger partial charge >= 0.3 is 0 Å². The Labute approximate surface area is 112 Å². The molecule has 0 aliphatic heterocycles. The number of halogens is 1. The Kier molecular flexibility index (Phi) is 10.3. The quantitative estimate of drug-likeness (QED) is 0.452. The largest absolute Gasteiger partial charge is 1.00 e. The van der Waals surface area contributed by atoms with Crippen LogP contribution in [0.25, 0.3) is 0 Å². The molecule has 1 aromatic rings. The summed E-state index contributed by atoms with van der Waals surface area (Å²) in [7, 11) is 0. The van der Waals surface area contributed by atoms with Crippen molar-refractivity contribution in [2.24, 2.45) is 0 Å². The van der Waals surface area contributed by atoms with E-state index in [9.17, 15) is 0 Å². The first-order valence-electron chi connectivity index (χ1n) is 6.91. The number of hydrogen-bond donors (Lipinski definition) is 0. The first-order valence-corrected chi connectivity index (χ1v) is 6.91. The second kappa shape index (κ2) is 10.6. The number of aromatic nitrogens is 2. The summed E-state index contributed by atoms with van der Waals surface area (Å²) in [6.07, 6.45) is 16.1. The Hall–Kier alpha value is -0.500. The fourth-order valence-electron chi connectivity index (χ4n) is 2.04. The maximum Gasteiger partial charge on any atom is 0.243 e. The van der Waals surface area contributed by atoms with Gasteiger partial charge < -0.3 is 12.4 Å². The molecule has 0 spiro atoms. The van der Waals surface area contributed by atoms with Crippen molar-refractivity contribution in [1.29, 1.82) is 0 Å². The standard InChI is InChI=1S/C14H27N2.ClH/c1-3-5-6-7-8-9-11-16-13-12-15(14-16)10-4-2;/h12-14H,3-11H2,1-2H3;1H/q+1;/p-1. The number of imidazole rings is 1. The van der Waals surface area contributed by atoms with Crippen molar-refractivity contribution in [3.8, 4) is 0 Å². The van der Waals surface area contributed by atoms with Crippen LogP contribution >= 0.6 is 0 Å². The predicted molar refractivity (Wildman–Crippen MR) is 68.3 cm³/mol. The molecule has 3 heteroatoms. The van der Waals surface area contributed by atoms with Crippen LogP contribution in [0.2, 0.25) is 0 Å². The third-order valence-corrected chi connectivity index (χ3v) is 3.00. The molecule has 0 aromatic carbocycles. The van der Waals surface area contributed by atoms with Gasteiger partial charge in [0.05, 0.1) is 13.1 Å². The third kappa shape index (κ3) is 7.43. The van der Waals surface area contributed by atoms with Crippen molar-refractivity contribution in [3.63, 3.8) is 0 Å². The highest BCUT2D eigenvalue weighted by molar-refractivity contribution is 4.66. The molecule has 2 nitrogen and oxygen atoms in total. The summed E-state index contributed by atoms with van der Waals surface area (Å²) >= 11 is 0. The van der Waals surface area contributed by atoms with Crippen LogP contribution in [0.5, 0.6) is 0 Å². The van der Waals surface area contributed by atoms with Gasteiger partial charge in [0.25, 0.3) is 0 Å². The monoisotopic (exact) mass is 258 g/mol. The lowest BCUT2D eigenvalue weighted by Crippen LogP contribution is -3.00. The molecule has 1 rings (SSSR count). The number of nitrogens with zero attached hydrogens (tertiary/aromatic N) is 2. The van der Waals surface area contributed by atoms with Crippen LogP contribution in [0.15, 0.2) is 18.7 Å². The Morgan fingerprint density at radius 1 is 0.941 bits per heavy atom. The molecule has 0 N–H and O–H groups in total. The van der Waals surface area contributed by atoms with Crippen molar-refractivity contribution in [1.82, 2.24) is 4.57 Å². The number of unbranched alkanes of at least 4 members (excludes halogenated alkanes) is 5. The number of aryl methyl sites for hydroxylation is 2. The topological polar surface area (TPSA) is 8.81 Å². The second-order valence-electron chi connectivity index (χ2n) is 4.66. The van der Waals surface area contributed by atoms with Crippen molar-refractivity contribution >= 4 is 0 Å². The lowest BCUT2D eigenvalue weighted by molar-refractivity contribution is -0.696. The summed E-state index contributed by atoms with van der Waals surface area (Å²) < 4.78 is 4.59. The van der Waals surface area contributed by atoms with E-state index in [1.807, 2.05) is 0 Å². The van der Waals surface area contributed by atoms with Crippen LogP contribution in [-0.2, 0) is 13.1 Å². The van der Waals surface area contributed by atoms with Gasteiger partial charge in [-0.05, 0) is 19.3 Å². The van der Waals surface area contributed by atoms with Gasteiger partial charge in [-0.25, -0.2) is 9.13 Å². The molecule has 0 aliphatic carbocycles. The van der Waals surface area contributed by atoms with E-state index < -0.39 is 0 Å². The van der Waals surface area contributed by atoms with Crippen LogP contribution in [0, 0.1) is 0 Å². The molecule has 0 saturated heterocycles. The molecule has 0 unspecified atom stereocenters. The fourth-order valence-corrected chi connectivity index (χ4v) is 2.04. The molecule has 0 bridgehead atoms. The summed E-state index contributed by atoms with van der Waals surface area (Å²) in [4.78, 5) is 0. The van der Waals surface area contributed by atoms with E-state index in [1.165, 1.54) is 51.5 Å². The Balaban J connectivity index is 0.00000256. The summed E-state index contributed by atoms with van der Waals surface area (Å²) in [5.74, 6) is 0. The zero-order valence-corrected chi connectivity index (χ0v) is 12.1. The SMILES string of the molecule is CCCCCCCCn1cc[n+](CCC)c1.[Cl-]. The number of rotatable bonds is 9. The van der Waals surface area contributed by atoms with Crippen molar-refractivity contribution in [2.75, 3.05) is 0 Å². The van der Waals surface area contributed by atoms with Gasteiger partial charge in [0.15, 0.2) is 0 Å². The van der Waals surface area contributed by atoms with E-state index in [1.54, 1.807) is 0 Å². The highest BCUT2D eigenvalue weighted by atomic mass is 35.5. The summed E-state index contributed by atoms with van der Waals surface area (Å²) in [5, 5.41) is 0. The number of hydrogen-bond acceptors (Lipinski definition) is 0. The normalized spacial score (nSPS) is 10.2. The van der Waals surface area contributed by atoms with E-state index >= 15 is 0 Å². The molecule has 100 valence electrons. The molecule has 1 aromatic heterocycles. The Bertz CT molecular complexity index is 271. The minimum Gasteiger partial charge on any atom is -1.00 e. The average molecular weight is 259 g/mol. The van der Waals surface area contributed by atoms with Gasteiger partial charge in [-0.1, -0.05) is 39.5 Å². The minimum atomic E-state index is 0. The minimum absolute atomic E-state index is 0. The van der Waals surface area contributed by atoms with Crippen molar-refractivity contribution in [2.45, 2.75) is 71.9 Å². The van der Waals surface area contributed by atoms with E-state index in [-0.39, 0.29) is 12.4 Å². The van der Waals surface area contributed by atoms with Crippen LogP contribution in [-0.4, -0.2) is 4.57 Å². The zero-order valence-electron chi connectivity index (χ0n) is 11.4. The van der Waals surface area contributed by atoms with Crippen LogP contribution in [0.1, 0.15) is 58.8 Å². The van der Waals surface area contributed by atoms with Crippen LogP contribution in [0.4, 0.5) is 0 Å². The van der Waals surface area contributed by atoms with Gasteiger partial charge in [-0.3, -0.25) is 0 Å². The lowest BCUT2D eigenvalue weighted by Gasteiger charge is -1.98. The zero-order chi connectivity index (χ0) is 11.6. The van der Waals surface area contributed by atoms with Crippen LogP contribution < -0.4 is 17.0 Å². The smallest absolute Gasteiger partial charge is 0.243 e. The maximum atomic E-state index is 2.31. The third-order valence-electron chi connectivity index (χ3n) is 3.00. The van der Waals surface area contributed by atoms with Gasteiger partial charge in [-0.2, -0.15) is 0 Å². The molecule has 0 atom stereocenters. The molecule has 0 amide bonds. The van der Waals surface area contributed by atoms with Gasteiger partial charge in [0, 0.05) is 0 Å². The summed E-state index contributed by atoms with van der Waals surface area (Å²) in [5.41, 5.74) is 0. The van der Waals surface area contributed by atoms with Crippen molar-refractivity contribution < 1.29 is 17.0 Å². The maximum absolute atomic E-state index is 2.31. The first-order chi connectivity index (χ1) is 7.86. The highest BCUT2D eigenvalue weighted by Gasteiger charge is 2.01. The first kappa shape index (κ1) is 16.5. The van der Waals surface area contributed by atoms with E-state index in [2.05, 4.69) is 41.7 Å². The van der Waals surface area contributed by atoms with Crippen LogP contribution in [0.3, 0.4) is 0 Å². The van der Waals surface area contributed by atoms with Gasteiger partial charge in [-0.15, -0.1) is 0 Å². The lowest BCUT2D eigenvalue weighted by atomic mass is 10.1. The van der Waals surface area contributed by atoms with E-state index in [0.29, 0.717) is 0 Å². The molecule has 0 aliphatic rings.